The van der Waals surface area contributed by atoms with Crippen LogP contribution in [0.3, 0.4) is 0 Å². The van der Waals surface area contributed by atoms with Gasteiger partial charge < -0.3 is 19.7 Å². The van der Waals surface area contributed by atoms with E-state index >= 15 is 0 Å². The van der Waals surface area contributed by atoms with Gasteiger partial charge in [-0.1, -0.05) is 13.0 Å². The predicted molar refractivity (Wildman–Crippen MR) is 58.7 cm³/mol. The molecular formula is C11H20O5. The van der Waals surface area contributed by atoms with Crippen LogP contribution >= 0.6 is 0 Å². The van der Waals surface area contributed by atoms with Crippen molar-refractivity contribution in [1.82, 2.24) is 0 Å². The van der Waals surface area contributed by atoms with Crippen LogP contribution in [0.1, 0.15) is 25.7 Å². The van der Waals surface area contributed by atoms with E-state index in [-0.39, 0.29) is 19.8 Å². The Morgan fingerprint density at radius 3 is 2.69 bits per heavy atom. The number of carbonyl (C=O) groups is 1. The van der Waals surface area contributed by atoms with Crippen molar-refractivity contribution >= 4 is 5.97 Å². The van der Waals surface area contributed by atoms with Crippen molar-refractivity contribution in [2.75, 3.05) is 19.8 Å². The Bertz CT molecular complexity index is 193. The van der Waals surface area contributed by atoms with Gasteiger partial charge in [-0.3, -0.25) is 0 Å². The fourth-order valence-electron chi connectivity index (χ4n) is 1.08. The zero-order chi connectivity index (χ0) is 12.2. The minimum Gasteiger partial charge on any atom is -0.460 e. The minimum absolute atomic E-state index is 0.110. The number of unbranched alkanes of at least 4 members (excludes halogenated alkanes) is 2. The van der Waals surface area contributed by atoms with E-state index in [0.717, 1.165) is 25.3 Å². The van der Waals surface area contributed by atoms with Gasteiger partial charge in [-0.2, -0.15) is 0 Å². The highest BCUT2D eigenvalue weighted by atomic mass is 16.6. The van der Waals surface area contributed by atoms with Crippen LogP contribution in [-0.4, -0.2) is 42.3 Å². The van der Waals surface area contributed by atoms with Crippen molar-refractivity contribution in [3.63, 3.8) is 0 Å². The van der Waals surface area contributed by atoms with Crippen molar-refractivity contribution in [2.24, 2.45) is 0 Å². The van der Waals surface area contributed by atoms with Crippen LogP contribution in [0.5, 0.6) is 0 Å². The van der Waals surface area contributed by atoms with Crippen LogP contribution in [0.2, 0.25) is 0 Å². The van der Waals surface area contributed by atoms with Crippen molar-refractivity contribution < 1.29 is 24.5 Å². The molecule has 2 N–H and O–H groups in total. The van der Waals surface area contributed by atoms with Crippen LogP contribution in [0.15, 0.2) is 12.7 Å². The third-order valence-corrected chi connectivity index (χ3v) is 1.91. The highest BCUT2D eigenvalue weighted by Gasteiger charge is 2.04. The zero-order valence-electron chi connectivity index (χ0n) is 9.43. The highest BCUT2D eigenvalue weighted by molar-refractivity contribution is 5.81. The summed E-state index contributed by atoms with van der Waals surface area (Å²) in [6.45, 7) is 3.70. The molecule has 16 heavy (non-hydrogen) atoms. The van der Waals surface area contributed by atoms with Gasteiger partial charge in [0.25, 0.3) is 0 Å². The first kappa shape index (κ1) is 15.1. The van der Waals surface area contributed by atoms with Gasteiger partial charge in [0.15, 0.2) is 6.29 Å². The molecule has 0 aromatic rings. The van der Waals surface area contributed by atoms with Gasteiger partial charge in [0.05, 0.1) is 6.61 Å². The average Bonchev–Trinajstić information content (AvgIpc) is 2.30. The Morgan fingerprint density at radius 1 is 1.31 bits per heavy atom. The third-order valence-electron chi connectivity index (χ3n) is 1.91. The SMILES string of the molecule is C=CC(=O)OCCOC(O)CCCCCO. The number of ether oxygens (including phenoxy) is 2. The van der Waals surface area contributed by atoms with Crippen LogP contribution < -0.4 is 0 Å². The summed E-state index contributed by atoms with van der Waals surface area (Å²) < 4.78 is 9.66. The highest BCUT2D eigenvalue weighted by Crippen LogP contribution is 2.04. The lowest BCUT2D eigenvalue weighted by molar-refractivity contribution is -0.146. The maximum atomic E-state index is 10.6. The topological polar surface area (TPSA) is 76.0 Å². The van der Waals surface area contributed by atoms with Crippen LogP contribution in [0.4, 0.5) is 0 Å². The lowest BCUT2D eigenvalue weighted by Gasteiger charge is -2.11. The summed E-state index contributed by atoms with van der Waals surface area (Å²) >= 11 is 0. The van der Waals surface area contributed by atoms with Gasteiger partial charge in [0, 0.05) is 12.7 Å². The number of esters is 1. The average molecular weight is 232 g/mol. The van der Waals surface area contributed by atoms with Gasteiger partial charge in [-0.05, 0) is 19.3 Å². The summed E-state index contributed by atoms with van der Waals surface area (Å²) in [6, 6.07) is 0. The first-order valence-corrected chi connectivity index (χ1v) is 5.40. The van der Waals surface area contributed by atoms with Gasteiger partial charge in [-0.15, -0.1) is 0 Å². The van der Waals surface area contributed by atoms with E-state index in [4.69, 9.17) is 9.84 Å². The van der Waals surface area contributed by atoms with Gasteiger partial charge in [0.2, 0.25) is 0 Å². The quantitative estimate of drug-likeness (QED) is 0.250. The molecular weight excluding hydrogens is 212 g/mol. The molecule has 0 aromatic heterocycles. The first-order valence-electron chi connectivity index (χ1n) is 5.40. The molecule has 1 atom stereocenters. The second-order valence-electron chi connectivity index (χ2n) is 3.27. The Kier molecular flexibility index (Phi) is 10.00. The maximum absolute atomic E-state index is 10.6. The maximum Gasteiger partial charge on any atom is 0.330 e. The monoisotopic (exact) mass is 232 g/mol. The van der Waals surface area contributed by atoms with Crippen LogP contribution in [-0.2, 0) is 14.3 Å². The molecule has 5 nitrogen and oxygen atoms in total. The molecule has 0 rings (SSSR count). The summed E-state index contributed by atoms with van der Waals surface area (Å²) in [4.78, 5) is 10.6. The molecule has 0 saturated heterocycles. The Morgan fingerprint density at radius 2 is 2.06 bits per heavy atom. The van der Waals surface area contributed by atoms with E-state index in [2.05, 4.69) is 11.3 Å². The number of aliphatic hydroxyl groups is 2. The number of carbonyl (C=O) groups excluding carboxylic acids is 1. The normalized spacial score (nSPS) is 12.1. The second-order valence-corrected chi connectivity index (χ2v) is 3.27. The molecule has 0 heterocycles. The molecule has 1 unspecified atom stereocenters. The van der Waals surface area contributed by atoms with Gasteiger partial charge in [0.1, 0.15) is 6.61 Å². The molecule has 0 spiro atoms. The van der Waals surface area contributed by atoms with Gasteiger partial charge in [-0.25, -0.2) is 4.79 Å². The van der Waals surface area contributed by atoms with E-state index in [1.807, 2.05) is 0 Å². The zero-order valence-corrected chi connectivity index (χ0v) is 9.43. The van der Waals surface area contributed by atoms with Crippen molar-refractivity contribution in [3.8, 4) is 0 Å². The molecule has 0 bridgehead atoms. The summed E-state index contributed by atoms with van der Waals surface area (Å²) in [5.41, 5.74) is 0. The molecule has 5 heteroatoms. The summed E-state index contributed by atoms with van der Waals surface area (Å²) in [5.74, 6) is -0.499. The van der Waals surface area contributed by atoms with E-state index in [1.165, 1.54) is 0 Å². The molecule has 0 fully saturated rings. The molecule has 0 saturated carbocycles. The molecule has 0 radical (unpaired) electrons. The number of aliphatic hydroxyl groups excluding tert-OH is 2. The molecule has 94 valence electrons. The largest absolute Gasteiger partial charge is 0.460 e. The molecule has 0 amide bonds. The summed E-state index contributed by atoms with van der Waals surface area (Å²) in [7, 11) is 0. The summed E-state index contributed by atoms with van der Waals surface area (Å²) in [6.07, 6.45) is 3.17. The minimum atomic E-state index is -0.832. The Balaban J connectivity index is 3.26. The molecule has 0 aliphatic carbocycles. The number of hydrogen-bond donors (Lipinski definition) is 2. The third kappa shape index (κ3) is 9.64. The number of rotatable bonds is 10. The summed E-state index contributed by atoms with van der Waals surface area (Å²) in [5, 5.41) is 17.9. The first-order chi connectivity index (χ1) is 7.70. The lowest BCUT2D eigenvalue weighted by Crippen LogP contribution is -2.16. The van der Waals surface area contributed by atoms with Crippen LogP contribution in [0, 0.1) is 0 Å². The van der Waals surface area contributed by atoms with Crippen molar-refractivity contribution in [3.05, 3.63) is 12.7 Å². The van der Waals surface area contributed by atoms with Crippen molar-refractivity contribution in [1.29, 1.82) is 0 Å². The Hall–Kier alpha value is -0.910. The van der Waals surface area contributed by atoms with E-state index in [1.54, 1.807) is 0 Å². The fourth-order valence-corrected chi connectivity index (χ4v) is 1.08. The molecule has 0 aromatic carbocycles. The van der Waals surface area contributed by atoms with E-state index in [0.29, 0.717) is 6.42 Å². The van der Waals surface area contributed by atoms with Crippen molar-refractivity contribution in [2.45, 2.75) is 32.0 Å². The van der Waals surface area contributed by atoms with Crippen LogP contribution in [0.25, 0.3) is 0 Å². The molecule has 0 aliphatic heterocycles. The predicted octanol–water partition coefficient (Wildman–Crippen LogP) is 0.603. The van der Waals surface area contributed by atoms with E-state index < -0.39 is 12.3 Å². The smallest absolute Gasteiger partial charge is 0.330 e. The standard InChI is InChI=1S/C11H20O5/c1-2-10(13)15-8-9-16-11(14)6-4-3-5-7-12/h2,11-12,14H,1,3-9H2. The lowest BCUT2D eigenvalue weighted by atomic mass is 10.2. The second kappa shape index (κ2) is 10.6. The fraction of sp³-hybridized carbons (Fsp3) is 0.727. The molecule has 0 aliphatic rings. The Labute approximate surface area is 95.7 Å². The number of hydrogen-bond acceptors (Lipinski definition) is 5. The van der Waals surface area contributed by atoms with E-state index in [9.17, 15) is 9.90 Å². The van der Waals surface area contributed by atoms with Gasteiger partial charge >= 0.3 is 5.97 Å².